The average molecular weight is 289 g/mol. The molecular formula is C15H13ClN2O2. The number of nitrogens with zero attached hydrogens (tertiary/aromatic N) is 1. The second kappa shape index (κ2) is 5.13. The minimum Gasteiger partial charge on any atom is -0.478 e. The molecule has 4 nitrogen and oxygen atoms in total. The lowest BCUT2D eigenvalue weighted by Gasteiger charge is -2.30. The van der Waals surface area contributed by atoms with Crippen molar-refractivity contribution in [3.05, 3.63) is 58.2 Å². The minimum atomic E-state index is -1.01. The number of hydrogen-bond acceptors (Lipinski definition) is 3. The molecule has 20 heavy (non-hydrogen) atoms. The first kappa shape index (κ1) is 12.9. The van der Waals surface area contributed by atoms with E-state index in [1.54, 1.807) is 0 Å². The van der Waals surface area contributed by atoms with Crippen LogP contribution in [0.15, 0.2) is 36.4 Å². The van der Waals surface area contributed by atoms with Gasteiger partial charge in [0.1, 0.15) is 11.0 Å². The highest BCUT2D eigenvalue weighted by atomic mass is 35.5. The van der Waals surface area contributed by atoms with Crippen molar-refractivity contribution in [2.45, 2.75) is 12.3 Å². The van der Waals surface area contributed by atoms with Crippen LogP contribution in [0.3, 0.4) is 0 Å². The predicted molar refractivity (Wildman–Crippen MR) is 77.6 cm³/mol. The monoisotopic (exact) mass is 288 g/mol. The van der Waals surface area contributed by atoms with Crippen LogP contribution in [0.4, 0.5) is 5.82 Å². The van der Waals surface area contributed by atoms with E-state index in [4.69, 9.17) is 16.7 Å². The maximum absolute atomic E-state index is 11.0. The van der Waals surface area contributed by atoms with Gasteiger partial charge >= 0.3 is 5.97 Å². The van der Waals surface area contributed by atoms with E-state index in [9.17, 15) is 4.79 Å². The molecule has 1 aliphatic carbocycles. The number of nitrogens with one attached hydrogen (secondary N) is 1. The Labute approximate surface area is 121 Å². The summed E-state index contributed by atoms with van der Waals surface area (Å²) in [5.41, 5.74) is 2.87. The van der Waals surface area contributed by atoms with E-state index in [-0.39, 0.29) is 10.7 Å². The first-order valence-corrected chi connectivity index (χ1v) is 6.74. The number of hydrogen-bond donors (Lipinski definition) is 2. The van der Waals surface area contributed by atoms with E-state index >= 15 is 0 Å². The summed E-state index contributed by atoms with van der Waals surface area (Å²) in [6.45, 7) is 0.726. The maximum Gasteiger partial charge on any atom is 0.335 e. The summed E-state index contributed by atoms with van der Waals surface area (Å²) in [6, 6.07) is 11.2. The Hall–Kier alpha value is -2.07. The van der Waals surface area contributed by atoms with Crippen molar-refractivity contribution in [2.75, 3.05) is 11.9 Å². The van der Waals surface area contributed by atoms with E-state index in [0.717, 1.165) is 13.0 Å². The molecule has 1 unspecified atom stereocenters. The molecule has 0 radical (unpaired) electrons. The van der Waals surface area contributed by atoms with Gasteiger partial charge in [-0.2, -0.15) is 0 Å². The molecule has 5 heteroatoms. The molecule has 1 atom stereocenters. The molecule has 1 heterocycles. The summed E-state index contributed by atoms with van der Waals surface area (Å²) in [5.74, 6) is -0.0640. The van der Waals surface area contributed by atoms with Gasteiger partial charge in [0, 0.05) is 12.5 Å². The molecule has 0 spiro atoms. The smallest absolute Gasteiger partial charge is 0.335 e. The highest BCUT2D eigenvalue weighted by Crippen LogP contribution is 2.34. The van der Waals surface area contributed by atoms with Crippen LogP contribution in [0.25, 0.3) is 0 Å². The Balaban J connectivity index is 1.69. The van der Waals surface area contributed by atoms with Crippen molar-refractivity contribution in [3.8, 4) is 0 Å². The number of pyridine rings is 1. The van der Waals surface area contributed by atoms with Gasteiger partial charge in [-0.1, -0.05) is 35.9 Å². The number of fused-ring (bicyclic) bond motifs is 1. The van der Waals surface area contributed by atoms with Crippen LogP contribution >= 0.6 is 11.6 Å². The van der Waals surface area contributed by atoms with Crippen LogP contribution in [0, 0.1) is 0 Å². The van der Waals surface area contributed by atoms with E-state index in [1.165, 1.54) is 23.3 Å². The number of rotatable bonds is 4. The Bertz CT molecular complexity index is 673. The van der Waals surface area contributed by atoms with Gasteiger partial charge in [-0.3, -0.25) is 0 Å². The van der Waals surface area contributed by atoms with Crippen LogP contribution in [0.5, 0.6) is 0 Å². The molecule has 2 aromatic rings. The molecule has 0 bridgehead atoms. The number of benzene rings is 1. The summed E-state index contributed by atoms with van der Waals surface area (Å²) >= 11 is 5.82. The second-order valence-electron chi connectivity index (χ2n) is 4.85. The summed E-state index contributed by atoms with van der Waals surface area (Å²) in [5, 5.41) is 12.3. The lowest BCUT2D eigenvalue weighted by atomic mass is 9.77. The Kier molecular flexibility index (Phi) is 3.32. The standard InChI is InChI=1S/C15H13ClN2O2/c16-13-6-10(15(19)20)7-14(18-13)17-8-11-5-9-3-1-2-4-12(9)11/h1-4,6-7,11H,5,8H2,(H,17,18)(H,19,20). The second-order valence-corrected chi connectivity index (χ2v) is 5.24. The molecule has 102 valence electrons. The topological polar surface area (TPSA) is 62.2 Å². The third kappa shape index (κ3) is 2.47. The van der Waals surface area contributed by atoms with Crippen molar-refractivity contribution in [2.24, 2.45) is 0 Å². The van der Waals surface area contributed by atoms with E-state index in [1.807, 2.05) is 12.1 Å². The largest absolute Gasteiger partial charge is 0.478 e. The number of aromatic carboxylic acids is 1. The fourth-order valence-corrected chi connectivity index (χ4v) is 2.69. The van der Waals surface area contributed by atoms with Crippen molar-refractivity contribution in [1.29, 1.82) is 0 Å². The number of anilines is 1. The SMILES string of the molecule is O=C(O)c1cc(Cl)nc(NCC2Cc3ccccc32)c1. The number of halogens is 1. The van der Waals surface area contributed by atoms with Crippen molar-refractivity contribution in [1.82, 2.24) is 4.98 Å². The zero-order valence-electron chi connectivity index (χ0n) is 10.6. The van der Waals surface area contributed by atoms with Crippen molar-refractivity contribution in [3.63, 3.8) is 0 Å². The zero-order chi connectivity index (χ0) is 14.1. The van der Waals surface area contributed by atoms with Gasteiger partial charge in [0.25, 0.3) is 0 Å². The fraction of sp³-hybridized carbons (Fsp3) is 0.200. The minimum absolute atomic E-state index is 0.140. The third-order valence-corrected chi connectivity index (χ3v) is 3.73. The summed E-state index contributed by atoms with van der Waals surface area (Å²) < 4.78 is 0. The lowest BCUT2D eigenvalue weighted by Crippen LogP contribution is -2.24. The lowest BCUT2D eigenvalue weighted by molar-refractivity contribution is 0.0697. The predicted octanol–water partition coefficient (Wildman–Crippen LogP) is 3.19. The van der Waals surface area contributed by atoms with Crippen molar-refractivity contribution >= 4 is 23.4 Å². The van der Waals surface area contributed by atoms with Gasteiger partial charge in [-0.15, -0.1) is 0 Å². The van der Waals surface area contributed by atoms with Gasteiger partial charge in [0.2, 0.25) is 0 Å². The Morgan fingerprint density at radius 2 is 2.20 bits per heavy atom. The van der Waals surface area contributed by atoms with E-state index < -0.39 is 5.97 Å². The highest BCUT2D eigenvalue weighted by molar-refractivity contribution is 6.29. The number of carboxylic acid groups (broad SMARTS) is 1. The van der Waals surface area contributed by atoms with Gasteiger partial charge in [0.15, 0.2) is 0 Å². The maximum atomic E-state index is 11.0. The summed E-state index contributed by atoms with van der Waals surface area (Å²) in [4.78, 5) is 15.1. The molecule has 0 saturated heterocycles. The third-order valence-electron chi connectivity index (χ3n) is 3.53. The average Bonchev–Trinajstić information content (AvgIpc) is 2.39. The number of carboxylic acids is 1. The highest BCUT2D eigenvalue weighted by Gasteiger charge is 2.25. The molecule has 0 amide bonds. The first-order chi connectivity index (χ1) is 9.63. The molecule has 1 aromatic carbocycles. The van der Waals surface area contributed by atoms with Gasteiger partial charge in [-0.05, 0) is 29.7 Å². The van der Waals surface area contributed by atoms with Crippen LogP contribution < -0.4 is 5.32 Å². The Morgan fingerprint density at radius 3 is 2.95 bits per heavy atom. The van der Waals surface area contributed by atoms with Gasteiger partial charge < -0.3 is 10.4 Å². The van der Waals surface area contributed by atoms with Gasteiger partial charge in [0.05, 0.1) is 5.56 Å². The van der Waals surface area contributed by atoms with Crippen LogP contribution in [0.1, 0.15) is 27.4 Å². The van der Waals surface area contributed by atoms with Crippen molar-refractivity contribution < 1.29 is 9.90 Å². The molecule has 3 rings (SSSR count). The fourth-order valence-electron chi connectivity index (χ4n) is 2.48. The van der Waals surface area contributed by atoms with E-state index in [2.05, 4.69) is 22.4 Å². The number of aromatic nitrogens is 1. The molecule has 1 aromatic heterocycles. The molecule has 0 aliphatic heterocycles. The number of carbonyl (C=O) groups is 1. The van der Waals surface area contributed by atoms with Crippen LogP contribution in [-0.4, -0.2) is 22.6 Å². The van der Waals surface area contributed by atoms with Gasteiger partial charge in [-0.25, -0.2) is 9.78 Å². The normalized spacial score (nSPS) is 16.1. The van der Waals surface area contributed by atoms with E-state index in [0.29, 0.717) is 11.7 Å². The molecule has 1 aliphatic rings. The van der Waals surface area contributed by atoms with Crippen LogP contribution in [-0.2, 0) is 6.42 Å². The summed E-state index contributed by atoms with van der Waals surface area (Å²) in [7, 11) is 0. The summed E-state index contributed by atoms with van der Waals surface area (Å²) in [6.07, 6.45) is 1.04. The molecule has 0 fully saturated rings. The van der Waals surface area contributed by atoms with Crippen LogP contribution in [0.2, 0.25) is 5.15 Å². The zero-order valence-corrected chi connectivity index (χ0v) is 11.4. The first-order valence-electron chi connectivity index (χ1n) is 6.36. The quantitative estimate of drug-likeness (QED) is 0.848. The molecular weight excluding hydrogens is 276 g/mol. The Morgan fingerprint density at radius 1 is 1.40 bits per heavy atom. The molecule has 0 saturated carbocycles. The molecule has 2 N–H and O–H groups in total.